The Morgan fingerprint density at radius 1 is 1.41 bits per heavy atom. The molecular weight excluding hydrogens is 232 g/mol. The number of alkyl halides is 1. The zero-order valence-electron chi connectivity index (χ0n) is 11.1. The Morgan fingerprint density at radius 2 is 2.12 bits per heavy atom. The Morgan fingerprint density at radius 3 is 2.76 bits per heavy atom. The highest BCUT2D eigenvalue weighted by atomic mass is 35.5. The Labute approximate surface area is 109 Å². The Balaban J connectivity index is 1.83. The lowest BCUT2D eigenvalue weighted by Gasteiger charge is -2.53. The first-order valence-corrected chi connectivity index (χ1v) is 7.55. The fraction of sp³-hybridized carbons (Fsp3) is 0.933. The van der Waals surface area contributed by atoms with Crippen molar-refractivity contribution in [1.82, 2.24) is 0 Å². The van der Waals surface area contributed by atoms with Crippen LogP contribution in [-0.2, 0) is 4.79 Å². The molecule has 0 amide bonds. The molecule has 0 aromatic carbocycles. The number of Topliss-reactive ketones (excluding diaryl/α,β-unsaturated/α-hetero) is 1. The molecule has 3 aliphatic rings. The minimum absolute atomic E-state index is 0.157. The van der Waals surface area contributed by atoms with Gasteiger partial charge in [0, 0.05) is 5.92 Å². The van der Waals surface area contributed by atoms with E-state index in [0.717, 1.165) is 24.2 Å². The monoisotopic (exact) mass is 254 g/mol. The molecular formula is C15H23ClO. The van der Waals surface area contributed by atoms with E-state index in [2.05, 4.69) is 20.8 Å². The lowest BCUT2D eigenvalue weighted by Crippen LogP contribution is -2.56. The summed E-state index contributed by atoms with van der Waals surface area (Å²) < 4.78 is 0. The topological polar surface area (TPSA) is 17.1 Å². The number of ketones is 1. The maximum Gasteiger partial charge on any atom is 0.154 e. The Hall–Kier alpha value is -0.0400. The minimum Gasteiger partial charge on any atom is -0.298 e. The molecule has 17 heavy (non-hydrogen) atoms. The molecule has 3 fully saturated rings. The third-order valence-corrected chi connectivity index (χ3v) is 6.60. The fourth-order valence-corrected chi connectivity index (χ4v) is 5.40. The van der Waals surface area contributed by atoms with Gasteiger partial charge < -0.3 is 0 Å². The molecule has 2 heteroatoms. The van der Waals surface area contributed by atoms with Crippen LogP contribution in [0.3, 0.4) is 0 Å². The SMILES string of the molecule is CC(C)[C@@H]1CC[C@]2(C)C[C@@H]3[C@@H](Cl)C(=O)[C@@H]3C[C@@H]12. The van der Waals surface area contributed by atoms with Crippen molar-refractivity contribution in [2.75, 3.05) is 0 Å². The van der Waals surface area contributed by atoms with Crippen LogP contribution in [-0.4, -0.2) is 11.2 Å². The number of rotatable bonds is 1. The van der Waals surface area contributed by atoms with Gasteiger partial charge in [0.2, 0.25) is 0 Å². The van der Waals surface area contributed by atoms with E-state index in [-0.39, 0.29) is 5.38 Å². The molecule has 3 rings (SSSR count). The summed E-state index contributed by atoms with van der Waals surface area (Å²) in [6.07, 6.45) is 5.04. The summed E-state index contributed by atoms with van der Waals surface area (Å²) >= 11 is 6.17. The molecule has 0 aromatic rings. The first kappa shape index (κ1) is 12.0. The zero-order chi connectivity index (χ0) is 12.4. The third-order valence-electron chi connectivity index (χ3n) is 6.06. The highest BCUT2D eigenvalue weighted by Crippen LogP contribution is 2.62. The lowest BCUT2D eigenvalue weighted by molar-refractivity contribution is -0.141. The van der Waals surface area contributed by atoms with Gasteiger partial charge >= 0.3 is 0 Å². The highest BCUT2D eigenvalue weighted by Gasteiger charge is 2.60. The minimum atomic E-state index is -0.157. The third kappa shape index (κ3) is 1.54. The van der Waals surface area contributed by atoms with Gasteiger partial charge in [-0.15, -0.1) is 11.6 Å². The van der Waals surface area contributed by atoms with Crippen molar-refractivity contribution in [3.63, 3.8) is 0 Å². The largest absolute Gasteiger partial charge is 0.298 e. The molecule has 0 radical (unpaired) electrons. The molecule has 96 valence electrons. The quantitative estimate of drug-likeness (QED) is 0.649. The summed E-state index contributed by atoms with van der Waals surface area (Å²) in [6, 6.07) is 0. The van der Waals surface area contributed by atoms with Gasteiger partial charge in [-0.05, 0) is 54.8 Å². The molecule has 0 heterocycles. The molecule has 3 saturated carbocycles. The van der Waals surface area contributed by atoms with E-state index in [1.807, 2.05) is 0 Å². The van der Waals surface area contributed by atoms with Crippen molar-refractivity contribution in [1.29, 1.82) is 0 Å². The van der Waals surface area contributed by atoms with E-state index in [9.17, 15) is 4.79 Å². The Kier molecular flexibility index (Phi) is 2.63. The van der Waals surface area contributed by atoms with Crippen molar-refractivity contribution in [2.24, 2.45) is 35.0 Å². The van der Waals surface area contributed by atoms with Crippen LogP contribution in [0.4, 0.5) is 0 Å². The molecule has 0 aromatic heterocycles. The van der Waals surface area contributed by atoms with Gasteiger partial charge in [0.15, 0.2) is 5.78 Å². The number of carbonyl (C=O) groups is 1. The van der Waals surface area contributed by atoms with Crippen molar-refractivity contribution >= 4 is 17.4 Å². The van der Waals surface area contributed by atoms with Crippen LogP contribution < -0.4 is 0 Å². The number of fused-ring (bicyclic) bond motifs is 2. The highest BCUT2D eigenvalue weighted by molar-refractivity contribution is 6.34. The Bertz CT molecular complexity index is 351. The van der Waals surface area contributed by atoms with Crippen LogP contribution in [0.5, 0.6) is 0 Å². The van der Waals surface area contributed by atoms with Gasteiger partial charge in [-0.3, -0.25) is 4.79 Å². The molecule has 0 N–H and O–H groups in total. The molecule has 0 saturated heterocycles. The number of halogens is 1. The average Bonchev–Trinajstić information content (AvgIpc) is 2.63. The summed E-state index contributed by atoms with van der Waals surface area (Å²) in [7, 11) is 0. The smallest absolute Gasteiger partial charge is 0.154 e. The van der Waals surface area contributed by atoms with Crippen molar-refractivity contribution < 1.29 is 4.79 Å². The number of hydrogen-bond acceptors (Lipinski definition) is 1. The molecule has 6 atom stereocenters. The van der Waals surface area contributed by atoms with E-state index in [0.29, 0.717) is 23.0 Å². The summed E-state index contributed by atoms with van der Waals surface area (Å²) in [4.78, 5) is 11.8. The van der Waals surface area contributed by atoms with Gasteiger partial charge in [0.25, 0.3) is 0 Å². The molecule has 0 aliphatic heterocycles. The maximum atomic E-state index is 11.8. The van der Waals surface area contributed by atoms with Gasteiger partial charge in [-0.25, -0.2) is 0 Å². The molecule has 3 aliphatic carbocycles. The summed E-state index contributed by atoms with van der Waals surface area (Å²) in [5.41, 5.74) is 0.476. The van der Waals surface area contributed by atoms with Crippen LogP contribution in [0.2, 0.25) is 0 Å². The maximum absolute atomic E-state index is 11.8. The second kappa shape index (κ2) is 3.73. The first-order valence-electron chi connectivity index (χ1n) is 7.12. The molecule has 0 bridgehead atoms. The predicted octanol–water partition coefficient (Wildman–Crippen LogP) is 3.89. The second-order valence-corrected chi connectivity index (χ2v) is 7.69. The normalized spacial score (nSPS) is 53.2. The standard InChI is InChI=1S/C15H23ClO/c1-8(2)9-4-5-15(3)7-11-10(6-12(9)15)14(17)13(11)16/h8-13H,4-7H2,1-3H3/t9-,10+,11-,12-,13+,15+/m0/s1. The van der Waals surface area contributed by atoms with Crippen LogP contribution in [0.1, 0.15) is 46.5 Å². The first-order chi connectivity index (χ1) is 7.94. The van der Waals surface area contributed by atoms with E-state index < -0.39 is 0 Å². The summed E-state index contributed by atoms with van der Waals surface area (Å²) in [5.74, 6) is 3.53. The molecule has 1 nitrogen and oxygen atoms in total. The van der Waals surface area contributed by atoms with E-state index in [1.165, 1.54) is 19.3 Å². The van der Waals surface area contributed by atoms with Crippen LogP contribution in [0, 0.1) is 35.0 Å². The van der Waals surface area contributed by atoms with Crippen LogP contribution >= 0.6 is 11.6 Å². The molecule has 0 unspecified atom stereocenters. The van der Waals surface area contributed by atoms with Crippen LogP contribution in [0.15, 0.2) is 0 Å². The fourth-order valence-electron chi connectivity index (χ4n) is 4.97. The van der Waals surface area contributed by atoms with E-state index >= 15 is 0 Å². The number of carbonyl (C=O) groups excluding carboxylic acids is 1. The molecule has 0 spiro atoms. The van der Waals surface area contributed by atoms with Gasteiger partial charge in [-0.2, -0.15) is 0 Å². The second-order valence-electron chi connectivity index (χ2n) is 7.22. The van der Waals surface area contributed by atoms with E-state index in [1.54, 1.807) is 0 Å². The predicted molar refractivity (Wildman–Crippen MR) is 70.0 cm³/mol. The lowest BCUT2D eigenvalue weighted by atomic mass is 9.52. The van der Waals surface area contributed by atoms with Gasteiger partial charge in [0.1, 0.15) is 0 Å². The van der Waals surface area contributed by atoms with Crippen molar-refractivity contribution in [3.05, 3.63) is 0 Å². The number of hydrogen-bond donors (Lipinski definition) is 0. The van der Waals surface area contributed by atoms with Crippen molar-refractivity contribution in [2.45, 2.75) is 51.8 Å². The van der Waals surface area contributed by atoms with Crippen molar-refractivity contribution in [3.8, 4) is 0 Å². The summed E-state index contributed by atoms with van der Waals surface area (Å²) in [5, 5.41) is -0.157. The van der Waals surface area contributed by atoms with E-state index in [4.69, 9.17) is 11.6 Å². The van der Waals surface area contributed by atoms with Gasteiger partial charge in [0.05, 0.1) is 5.38 Å². The summed E-state index contributed by atoms with van der Waals surface area (Å²) in [6.45, 7) is 7.13. The zero-order valence-corrected chi connectivity index (χ0v) is 11.8. The van der Waals surface area contributed by atoms with Gasteiger partial charge in [-0.1, -0.05) is 20.8 Å². The average molecular weight is 255 g/mol. The van der Waals surface area contributed by atoms with Crippen LogP contribution in [0.25, 0.3) is 0 Å².